The van der Waals surface area contributed by atoms with Crippen LogP contribution in [0.15, 0.2) is 28.3 Å². The Morgan fingerprint density at radius 1 is 0.684 bits per heavy atom. The number of rotatable bonds is 2. The first-order valence-electron chi connectivity index (χ1n) is 7.41. The molecule has 0 aliphatic heterocycles. The highest BCUT2D eigenvalue weighted by Crippen LogP contribution is 2.45. The first kappa shape index (κ1) is 16.7. The molecular formula is C17H32Si2. The van der Waals surface area contributed by atoms with E-state index in [0.717, 1.165) is 0 Å². The molecule has 0 amide bonds. The van der Waals surface area contributed by atoms with E-state index < -0.39 is 16.1 Å². The van der Waals surface area contributed by atoms with E-state index in [-0.39, 0.29) is 0 Å². The summed E-state index contributed by atoms with van der Waals surface area (Å²) in [5.74, 6) is 0. The second kappa shape index (κ2) is 4.61. The van der Waals surface area contributed by atoms with Gasteiger partial charge in [0.05, 0.1) is 16.1 Å². The van der Waals surface area contributed by atoms with Gasteiger partial charge in [-0.15, -0.1) is 5.73 Å². The van der Waals surface area contributed by atoms with Crippen LogP contribution < -0.4 is 0 Å². The minimum Gasteiger partial charge on any atom is -0.123 e. The lowest BCUT2D eigenvalue weighted by Crippen LogP contribution is -2.39. The van der Waals surface area contributed by atoms with Crippen LogP contribution in [0.3, 0.4) is 0 Å². The highest BCUT2D eigenvalue weighted by Gasteiger charge is 2.42. The zero-order valence-corrected chi connectivity index (χ0v) is 16.7. The van der Waals surface area contributed by atoms with Crippen molar-refractivity contribution in [3.05, 3.63) is 28.3 Å². The first-order chi connectivity index (χ1) is 8.21. The molecule has 0 aromatic rings. The lowest BCUT2D eigenvalue weighted by Gasteiger charge is -2.37. The zero-order chi connectivity index (χ0) is 15.3. The van der Waals surface area contributed by atoms with Crippen LogP contribution in [0, 0.1) is 0 Å². The van der Waals surface area contributed by atoms with E-state index in [4.69, 9.17) is 0 Å². The minimum atomic E-state index is -1.43. The fraction of sp³-hybridized carbons (Fsp3) is 0.706. The molecule has 0 N–H and O–H groups in total. The lowest BCUT2D eigenvalue weighted by atomic mass is 10.2. The minimum absolute atomic E-state index is 0.391. The van der Waals surface area contributed by atoms with Crippen LogP contribution in [-0.4, -0.2) is 16.1 Å². The summed E-state index contributed by atoms with van der Waals surface area (Å²) < 4.78 is 0. The smallest absolute Gasteiger partial charge is 0.0958 e. The Labute approximate surface area is 122 Å². The van der Waals surface area contributed by atoms with Gasteiger partial charge in [-0.3, -0.25) is 0 Å². The normalized spacial score (nSPS) is 17.6. The molecule has 1 rings (SSSR count). The van der Waals surface area contributed by atoms with Crippen molar-refractivity contribution < 1.29 is 0 Å². The highest BCUT2D eigenvalue weighted by atomic mass is 28.3. The second-order valence-electron chi connectivity index (χ2n) is 9.04. The quantitative estimate of drug-likeness (QED) is 0.426. The van der Waals surface area contributed by atoms with Crippen molar-refractivity contribution in [3.63, 3.8) is 0 Å². The molecule has 0 bridgehead atoms. The monoisotopic (exact) mass is 292 g/mol. The second-order valence-corrected chi connectivity index (χ2v) is 19.6. The molecule has 0 fully saturated rings. The average molecular weight is 293 g/mol. The first-order valence-corrected chi connectivity index (χ1v) is 13.4. The van der Waals surface area contributed by atoms with Crippen LogP contribution in [0.25, 0.3) is 0 Å². The van der Waals surface area contributed by atoms with Crippen molar-refractivity contribution in [1.29, 1.82) is 0 Å². The Balaban J connectivity index is 3.32. The van der Waals surface area contributed by atoms with Crippen molar-refractivity contribution in [2.75, 3.05) is 0 Å². The van der Waals surface area contributed by atoms with Gasteiger partial charge in [0.2, 0.25) is 0 Å². The number of allylic oxidation sites excluding steroid dienone is 3. The number of hydrogen-bond acceptors (Lipinski definition) is 0. The Kier molecular flexibility index (Phi) is 4.07. The Morgan fingerprint density at radius 3 is 1.16 bits per heavy atom. The van der Waals surface area contributed by atoms with Gasteiger partial charge in [-0.05, 0) is 20.5 Å². The molecule has 0 spiro atoms. The van der Waals surface area contributed by atoms with Crippen LogP contribution in [-0.2, 0) is 0 Å². The molecule has 0 nitrogen and oxygen atoms in total. The Bertz CT molecular complexity index is 416. The van der Waals surface area contributed by atoms with Crippen LogP contribution in [0.1, 0.15) is 41.5 Å². The van der Waals surface area contributed by atoms with Gasteiger partial charge in [-0.1, -0.05) is 79.9 Å². The van der Waals surface area contributed by atoms with Crippen LogP contribution in [0.2, 0.25) is 36.3 Å². The third-order valence-electron chi connectivity index (χ3n) is 5.78. The standard InChI is InChI=1S/C17H32Si2/c1-16(2,3)18(7,8)14-11-12-15(13-14)19(9,10)17(4,5)6/h11-12H,1-10H3. The van der Waals surface area contributed by atoms with E-state index in [2.05, 4.69) is 85.6 Å². The number of hydrogen-bond donors (Lipinski definition) is 0. The predicted octanol–water partition coefficient (Wildman–Crippen LogP) is 6.10. The molecule has 0 unspecified atom stereocenters. The Morgan fingerprint density at radius 2 is 0.947 bits per heavy atom. The molecule has 0 heterocycles. The SMILES string of the molecule is CC(C)(C)[Si](C)(C)C1=C=C([Si](C)(C)C(C)(C)C)C=C1. The molecule has 19 heavy (non-hydrogen) atoms. The Hall–Kier alpha value is -0.306. The van der Waals surface area contributed by atoms with Gasteiger partial charge >= 0.3 is 0 Å². The van der Waals surface area contributed by atoms with Gasteiger partial charge < -0.3 is 0 Å². The third-order valence-corrected chi connectivity index (χ3v) is 16.6. The molecule has 2 heteroatoms. The predicted molar refractivity (Wildman–Crippen MR) is 94.1 cm³/mol. The molecule has 0 atom stereocenters. The van der Waals surface area contributed by atoms with Gasteiger partial charge in [0, 0.05) is 0 Å². The largest absolute Gasteiger partial charge is 0.123 e. The lowest BCUT2D eigenvalue weighted by molar-refractivity contribution is 0.726. The molecule has 0 saturated carbocycles. The maximum absolute atomic E-state index is 3.83. The average Bonchev–Trinajstić information content (AvgIpc) is 2.62. The van der Waals surface area contributed by atoms with E-state index in [9.17, 15) is 0 Å². The third kappa shape index (κ3) is 2.91. The van der Waals surface area contributed by atoms with Crippen molar-refractivity contribution in [2.45, 2.75) is 77.8 Å². The van der Waals surface area contributed by atoms with E-state index in [1.807, 2.05) is 0 Å². The van der Waals surface area contributed by atoms with Gasteiger partial charge in [0.1, 0.15) is 0 Å². The van der Waals surface area contributed by atoms with E-state index in [1.165, 1.54) is 10.4 Å². The van der Waals surface area contributed by atoms with E-state index in [1.54, 1.807) is 0 Å². The molecule has 1 aliphatic rings. The van der Waals surface area contributed by atoms with Crippen LogP contribution in [0.5, 0.6) is 0 Å². The van der Waals surface area contributed by atoms with Crippen LogP contribution >= 0.6 is 0 Å². The molecular weight excluding hydrogens is 260 g/mol. The zero-order valence-electron chi connectivity index (χ0n) is 14.7. The summed E-state index contributed by atoms with van der Waals surface area (Å²) in [6.45, 7) is 24.2. The summed E-state index contributed by atoms with van der Waals surface area (Å²) in [6.07, 6.45) is 4.74. The van der Waals surface area contributed by atoms with Gasteiger partial charge in [0.25, 0.3) is 0 Å². The topological polar surface area (TPSA) is 0 Å². The summed E-state index contributed by atoms with van der Waals surface area (Å²) in [5, 5.41) is 3.81. The van der Waals surface area contributed by atoms with Gasteiger partial charge in [0.15, 0.2) is 0 Å². The maximum atomic E-state index is 3.83. The van der Waals surface area contributed by atoms with Crippen LogP contribution in [0.4, 0.5) is 0 Å². The molecule has 1 aliphatic carbocycles. The van der Waals surface area contributed by atoms with Crippen molar-refractivity contribution >= 4 is 16.1 Å². The fourth-order valence-corrected chi connectivity index (χ4v) is 5.57. The molecule has 0 saturated heterocycles. The molecule has 0 radical (unpaired) electrons. The van der Waals surface area contributed by atoms with Crippen molar-refractivity contribution in [1.82, 2.24) is 0 Å². The fourth-order valence-electron chi connectivity index (χ4n) is 1.93. The summed E-state index contributed by atoms with van der Waals surface area (Å²) in [7, 11) is -2.86. The summed E-state index contributed by atoms with van der Waals surface area (Å²) in [4.78, 5) is 0. The summed E-state index contributed by atoms with van der Waals surface area (Å²) in [5.41, 5.74) is 3.83. The highest BCUT2D eigenvalue weighted by molar-refractivity contribution is 6.89. The molecule has 0 aromatic carbocycles. The van der Waals surface area contributed by atoms with E-state index >= 15 is 0 Å². The summed E-state index contributed by atoms with van der Waals surface area (Å²) >= 11 is 0. The van der Waals surface area contributed by atoms with Gasteiger partial charge in [-0.25, -0.2) is 0 Å². The maximum Gasteiger partial charge on any atom is 0.0958 e. The molecule has 108 valence electrons. The van der Waals surface area contributed by atoms with E-state index in [0.29, 0.717) is 10.1 Å². The van der Waals surface area contributed by atoms with Crippen molar-refractivity contribution in [3.8, 4) is 0 Å². The summed E-state index contributed by atoms with van der Waals surface area (Å²) in [6, 6.07) is 0. The molecule has 0 aromatic heterocycles. The van der Waals surface area contributed by atoms with Crippen molar-refractivity contribution in [2.24, 2.45) is 0 Å². The van der Waals surface area contributed by atoms with Gasteiger partial charge in [-0.2, -0.15) is 0 Å².